The number of carbonyl (C=O) groups excluding carboxylic acids is 1. The van der Waals surface area contributed by atoms with Crippen LogP contribution in [-0.2, 0) is 14.3 Å². The summed E-state index contributed by atoms with van der Waals surface area (Å²) in [5, 5.41) is 0. The van der Waals surface area contributed by atoms with Gasteiger partial charge in [-0.1, -0.05) is 0 Å². The summed E-state index contributed by atoms with van der Waals surface area (Å²) in [6.07, 6.45) is 2.20. The first kappa shape index (κ1) is 14.8. The van der Waals surface area contributed by atoms with Crippen LogP contribution in [0.25, 0.3) is 0 Å². The number of nitrogens with zero attached hydrogens (tertiary/aromatic N) is 1. The summed E-state index contributed by atoms with van der Waals surface area (Å²) in [6, 6.07) is 0. The summed E-state index contributed by atoms with van der Waals surface area (Å²) in [5.74, 6) is -0.0202. The average Bonchev–Trinajstić information content (AvgIpc) is 3.08. The van der Waals surface area contributed by atoms with E-state index in [-0.39, 0.29) is 23.6 Å². The van der Waals surface area contributed by atoms with Gasteiger partial charge in [-0.3, -0.25) is 9.69 Å². The molecule has 2 unspecified atom stereocenters. The van der Waals surface area contributed by atoms with Crippen molar-refractivity contribution in [3.8, 4) is 0 Å². The molecule has 0 aromatic rings. The molecule has 0 radical (unpaired) electrons. The van der Waals surface area contributed by atoms with Crippen molar-refractivity contribution in [2.75, 3.05) is 26.7 Å². The number of nitrogens with two attached hydrogens (primary N) is 1. The third kappa shape index (κ3) is 3.27. The van der Waals surface area contributed by atoms with Crippen LogP contribution in [0, 0.1) is 5.92 Å². The number of hydrogen-bond acceptors (Lipinski definition) is 5. The predicted molar refractivity (Wildman–Crippen MR) is 72.7 cm³/mol. The highest BCUT2D eigenvalue weighted by atomic mass is 16.5. The Labute approximate surface area is 115 Å². The van der Waals surface area contributed by atoms with E-state index in [1.807, 2.05) is 0 Å². The summed E-state index contributed by atoms with van der Waals surface area (Å²) in [7, 11) is 1.41. The molecule has 19 heavy (non-hydrogen) atoms. The molecule has 0 amide bonds. The van der Waals surface area contributed by atoms with Crippen molar-refractivity contribution in [2.24, 2.45) is 11.7 Å². The molecule has 1 aliphatic heterocycles. The molecule has 0 spiro atoms. The summed E-state index contributed by atoms with van der Waals surface area (Å²) in [4.78, 5) is 14.3. The molecule has 2 rings (SSSR count). The summed E-state index contributed by atoms with van der Waals surface area (Å²) in [6.45, 7) is 8.36. The summed E-state index contributed by atoms with van der Waals surface area (Å²) < 4.78 is 10.8. The van der Waals surface area contributed by atoms with Gasteiger partial charge in [-0.15, -0.1) is 0 Å². The smallest absolute Gasteiger partial charge is 0.327 e. The van der Waals surface area contributed by atoms with E-state index in [0.717, 1.165) is 25.9 Å². The standard InChI is InChI=1S/C14H26N2O3/c1-10-7-16(8-13(2,3)19-10)9-14(15,11-5-6-11)12(17)18-4/h10-11H,5-9,15H2,1-4H3. The number of esters is 1. The van der Waals surface area contributed by atoms with Crippen molar-refractivity contribution in [3.63, 3.8) is 0 Å². The Hall–Kier alpha value is -0.650. The molecule has 5 heteroatoms. The Kier molecular flexibility index (Phi) is 3.91. The Morgan fingerprint density at radius 2 is 2.16 bits per heavy atom. The van der Waals surface area contributed by atoms with Gasteiger partial charge in [0.15, 0.2) is 0 Å². The van der Waals surface area contributed by atoms with Crippen LogP contribution in [-0.4, -0.2) is 54.9 Å². The van der Waals surface area contributed by atoms with E-state index in [1.54, 1.807) is 0 Å². The molecule has 0 aromatic carbocycles. The minimum atomic E-state index is -0.859. The molecule has 1 heterocycles. The Morgan fingerprint density at radius 3 is 2.63 bits per heavy atom. The Bertz CT molecular complexity index is 355. The van der Waals surface area contributed by atoms with Gasteiger partial charge in [0, 0.05) is 19.6 Å². The highest BCUT2D eigenvalue weighted by Crippen LogP contribution is 2.40. The zero-order chi connectivity index (χ0) is 14.3. The van der Waals surface area contributed by atoms with Crippen LogP contribution in [0.2, 0.25) is 0 Å². The number of carbonyl (C=O) groups is 1. The number of methoxy groups -OCH3 is 1. The topological polar surface area (TPSA) is 64.8 Å². The third-order valence-corrected chi connectivity index (χ3v) is 4.00. The van der Waals surface area contributed by atoms with Gasteiger partial charge in [0.1, 0.15) is 5.54 Å². The molecular weight excluding hydrogens is 244 g/mol. The quantitative estimate of drug-likeness (QED) is 0.764. The Morgan fingerprint density at radius 1 is 1.53 bits per heavy atom. The normalized spacial score (nSPS) is 30.7. The van der Waals surface area contributed by atoms with E-state index in [4.69, 9.17) is 15.2 Å². The van der Waals surface area contributed by atoms with E-state index >= 15 is 0 Å². The number of ether oxygens (including phenoxy) is 2. The number of rotatable bonds is 4. The molecule has 5 nitrogen and oxygen atoms in total. The van der Waals surface area contributed by atoms with E-state index in [1.165, 1.54) is 7.11 Å². The zero-order valence-electron chi connectivity index (χ0n) is 12.4. The van der Waals surface area contributed by atoms with Crippen LogP contribution in [0.15, 0.2) is 0 Å². The van der Waals surface area contributed by atoms with E-state index in [2.05, 4.69) is 25.7 Å². The van der Waals surface area contributed by atoms with Crippen molar-refractivity contribution in [1.29, 1.82) is 0 Å². The third-order valence-electron chi connectivity index (χ3n) is 4.00. The monoisotopic (exact) mass is 270 g/mol. The fourth-order valence-corrected chi connectivity index (χ4v) is 3.23. The fourth-order valence-electron chi connectivity index (χ4n) is 3.23. The second-order valence-electron chi connectivity index (χ2n) is 6.66. The van der Waals surface area contributed by atoms with E-state index < -0.39 is 5.54 Å². The lowest BCUT2D eigenvalue weighted by atomic mass is 9.92. The van der Waals surface area contributed by atoms with Crippen LogP contribution in [0.5, 0.6) is 0 Å². The van der Waals surface area contributed by atoms with Crippen molar-refractivity contribution >= 4 is 5.97 Å². The van der Waals surface area contributed by atoms with E-state index in [9.17, 15) is 4.79 Å². The van der Waals surface area contributed by atoms with Crippen molar-refractivity contribution in [1.82, 2.24) is 4.90 Å². The van der Waals surface area contributed by atoms with Gasteiger partial charge in [0.2, 0.25) is 0 Å². The second-order valence-corrected chi connectivity index (χ2v) is 6.66. The SMILES string of the molecule is COC(=O)C(N)(CN1CC(C)OC(C)(C)C1)C1CC1. The van der Waals surface area contributed by atoms with Crippen LogP contribution >= 0.6 is 0 Å². The van der Waals surface area contributed by atoms with Gasteiger partial charge in [-0.2, -0.15) is 0 Å². The van der Waals surface area contributed by atoms with Gasteiger partial charge in [-0.25, -0.2) is 0 Å². The molecule has 1 saturated carbocycles. The van der Waals surface area contributed by atoms with Crippen LogP contribution in [0.1, 0.15) is 33.6 Å². The maximum atomic E-state index is 12.0. The van der Waals surface area contributed by atoms with Crippen molar-refractivity contribution in [3.05, 3.63) is 0 Å². The average molecular weight is 270 g/mol. The first-order valence-electron chi connectivity index (χ1n) is 7.04. The fraction of sp³-hybridized carbons (Fsp3) is 0.929. The minimum Gasteiger partial charge on any atom is -0.468 e. The lowest BCUT2D eigenvalue weighted by Gasteiger charge is -2.44. The van der Waals surface area contributed by atoms with Crippen LogP contribution in [0.3, 0.4) is 0 Å². The van der Waals surface area contributed by atoms with Gasteiger partial charge in [-0.05, 0) is 39.5 Å². The van der Waals surface area contributed by atoms with Crippen LogP contribution in [0.4, 0.5) is 0 Å². The van der Waals surface area contributed by atoms with Gasteiger partial charge in [0.05, 0.1) is 18.8 Å². The summed E-state index contributed by atoms with van der Waals surface area (Å²) in [5.41, 5.74) is 5.31. The Balaban J connectivity index is 2.07. The predicted octanol–water partition coefficient (Wildman–Crippen LogP) is 0.766. The molecule has 0 aromatic heterocycles. The van der Waals surface area contributed by atoms with Gasteiger partial charge < -0.3 is 15.2 Å². The minimum absolute atomic E-state index is 0.157. The lowest BCUT2D eigenvalue weighted by molar-refractivity contribution is -0.155. The van der Waals surface area contributed by atoms with Crippen molar-refractivity contribution < 1.29 is 14.3 Å². The largest absolute Gasteiger partial charge is 0.468 e. The maximum Gasteiger partial charge on any atom is 0.327 e. The second kappa shape index (κ2) is 5.04. The molecule has 1 saturated heterocycles. The highest BCUT2D eigenvalue weighted by molar-refractivity contribution is 5.81. The van der Waals surface area contributed by atoms with Crippen molar-refractivity contribution in [2.45, 2.75) is 50.9 Å². The summed E-state index contributed by atoms with van der Waals surface area (Å²) >= 11 is 0. The van der Waals surface area contributed by atoms with Gasteiger partial charge in [0.25, 0.3) is 0 Å². The number of morpholine rings is 1. The van der Waals surface area contributed by atoms with Gasteiger partial charge >= 0.3 is 5.97 Å². The number of hydrogen-bond donors (Lipinski definition) is 1. The molecule has 2 fully saturated rings. The zero-order valence-corrected chi connectivity index (χ0v) is 12.4. The molecule has 1 aliphatic carbocycles. The van der Waals surface area contributed by atoms with E-state index in [0.29, 0.717) is 6.54 Å². The highest BCUT2D eigenvalue weighted by Gasteiger charge is 2.50. The molecule has 0 bridgehead atoms. The molecule has 2 atom stereocenters. The maximum absolute atomic E-state index is 12.0. The first-order valence-corrected chi connectivity index (χ1v) is 7.04. The molecular formula is C14H26N2O3. The molecule has 110 valence electrons. The molecule has 2 N–H and O–H groups in total. The van der Waals surface area contributed by atoms with Crippen LogP contribution < -0.4 is 5.73 Å². The lowest BCUT2D eigenvalue weighted by Crippen LogP contribution is -2.62. The first-order chi connectivity index (χ1) is 8.77. The molecule has 2 aliphatic rings.